The highest BCUT2D eigenvalue weighted by molar-refractivity contribution is 5.66. The number of carboxylic acid groups (broad SMARTS) is 1. The summed E-state index contributed by atoms with van der Waals surface area (Å²) in [6, 6.07) is 13.3. The first-order valence-corrected chi connectivity index (χ1v) is 8.44. The van der Waals surface area contributed by atoms with Gasteiger partial charge in [-0.3, -0.25) is 4.90 Å². The maximum absolute atomic E-state index is 12.2. The van der Waals surface area contributed by atoms with Gasteiger partial charge in [-0.25, -0.2) is 14.8 Å². The minimum absolute atomic E-state index is 0.0764. The molecule has 1 N–H and O–H groups in total. The van der Waals surface area contributed by atoms with Crippen molar-refractivity contribution in [1.82, 2.24) is 14.9 Å². The summed E-state index contributed by atoms with van der Waals surface area (Å²) in [4.78, 5) is 21.9. The summed E-state index contributed by atoms with van der Waals surface area (Å²) in [5, 5.41) is 19.1. The summed E-state index contributed by atoms with van der Waals surface area (Å²) in [5.74, 6) is 0.0764. The van der Waals surface area contributed by atoms with E-state index in [1.54, 1.807) is 12.3 Å². The van der Waals surface area contributed by atoms with Crippen LogP contribution in [0.15, 0.2) is 42.6 Å². The Hall–Kier alpha value is -2.94. The summed E-state index contributed by atoms with van der Waals surface area (Å²) >= 11 is 0. The van der Waals surface area contributed by atoms with Gasteiger partial charge in [0.05, 0.1) is 11.2 Å². The molecule has 1 heterocycles. The Kier molecular flexibility index (Phi) is 4.94. The lowest BCUT2D eigenvalue weighted by Gasteiger charge is -2.44. The van der Waals surface area contributed by atoms with E-state index < -0.39 is 11.6 Å². The predicted molar refractivity (Wildman–Crippen MR) is 91.5 cm³/mol. The van der Waals surface area contributed by atoms with Gasteiger partial charge in [-0.15, -0.1) is 0 Å². The smallest absolute Gasteiger partial charge is 0.408 e. The maximum atomic E-state index is 12.2. The molecule has 25 heavy (non-hydrogen) atoms. The molecule has 6 heteroatoms. The maximum Gasteiger partial charge on any atom is 0.408 e. The fraction of sp³-hybridized carbons (Fsp3) is 0.368. The van der Waals surface area contributed by atoms with Crippen molar-refractivity contribution in [1.29, 1.82) is 5.26 Å². The first-order valence-electron chi connectivity index (χ1n) is 8.44. The van der Waals surface area contributed by atoms with Crippen LogP contribution in [0.5, 0.6) is 0 Å². The van der Waals surface area contributed by atoms with Gasteiger partial charge in [0.25, 0.3) is 0 Å². The minimum Gasteiger partial charge on any atom is -0.465 e. The SMILES string of the molecule is N#Cc1nccc(C2(N(Cc3ccccc3)C(=O)O)CCCCC2)n1. The van der Waals surface area contributed by atoms with E-state index in [1.807, 2.05) is 36.4 Å². The molecule has 1 aliphatic carbocycles. The van der Waals surface area contributed by atoms with Crippen LogP contribution in [0.25, 0.3) is 0 Å². The van der Waals surface area contributed by atoms with Crippen LogP contribution < -0.4 is 0 Å². The molecule has 1 amide bonds. The van der Waals surface area contributed by atoms with Crippen LogP contribution in [0, 0.1) is 11.3 Å². The lowest BCUT2D eigenvalue weighted by atomic mass is 9.77. The fourth-order valence-corrected chi connectivity index (χ4v) is 3.64. The average molecular weight is 336 g/mol. The normalized spacial score (nSPS) is 16.0. The average Bonchev–Trinajstić information content (AvgIpc) is 2.67. The molecule has 0 bridgehead atoms. The molecule has 0 atom stereocenters. The standard InChI is InChI=1S/C19H20N4O2/c20-13-17-21-12-9-16(22-17)19(10-5-2-6-11-19)23(18(24)25)14-15-7-3-1-4-8-15/h1,3-4,7-9,12H,2,5-6,10-11,14H2,(H,24,25). The number of benzene rings is 1. The van der Waals surface area contributed by atoms with Gasteiger partial charge in [0, 0.05) is 12.7 Å². The van der Waals surface area contributed by atoms with Crippen LogP contribution >= 0.6 is 0 Å². The number of hydrogen-bond donors (Lipinski definition) is 1. The van der Waals surface area contributed by atoms with E-state index >= 15 is 0 Å². The largest absolute Gasteiger partial charge is 0.465 e. The molecule has 1 aromatic heterocycles. The van der Waals surface area contributed by atoms with E-state index in [0.717, 1.165) is 24.8 Å². The van der Waals surface area contributed by atoms with Gasteiger partial charge >= 0.3 is 6.09 Å². The van der Waals surface area contributed by atoms with E-state index in [-0.39, 0.29) is 5.82 Å². The second kappa shape index (κ2) is 7.31. The Labute approximate surface area is 146 Å². The van der Waals surface area contributed by atoms with Crippen LogP contribution in [-0.2, 0) is 12.1 Å². The molecule has 0 spiro atoms. The summed E-state index contributed by atoms with van der Waals surface area (Å²) in [5.41, 5.74) is 0.843. The number of hydrogen-bond acceptors (Lipinski definition) is 4. The Bertz CT molecular complexity index is 780. The number of aromatic nitrogens is 2. The van der Waals surface area contributed by atoms with Crippen molar-refractivity contribution < 1.29 is 9.90 Å². The highest BCUT2D eigenvalue weighted by Crippen LogP contribution is 2.42. The summed E-state index contributed by atoms with van der Waals surface area (Å²) in [6.45, 7) is 0.294. The van der Waals surface area contributed by atoms with Crippen molar-refractivity contribution in [2.45, 2.75) is 44.2 Å². The Morgan fingerprint density at radius 2 is 1.92 bits per heavy atom. The number of nitrogens with zero attached hydrogens (tertiary/aromatic N) is 4. The molecule has 0 radical (unpaired) electrons. The van der Waals surface area contributed by atoms with Crippen LogP contribution in [0.1, 0.15) is 49.2 Å². The van der Waals surface area contributed by atoms with Crippen LogP contribution in [-0.4, -0.2) is 26.1 Å². The van der Waals surface area contributed by atoms with Crippen molar-refractivity contribution in [2.24, 2.45) is 0 Å². The van der Waals surface area contributed by atoms with E-state index in [0.29, 0.717) is 25.1 Å². The molecular weight excluding hydrogens is 316 g/mol. The zero-order valence-corrected chi connectivity index (χ0v) is 13.9. The molecular formula is C19H20N4O2. The third-order valence-electron chi connectivity index (χ3n) is 4.84. The quantitative estimate of drug-likeness (QED) is 0.919. The highest BCUT2D eigenvalue weighted by atomic mass is 16.4. The molecule has 0 unspecified atom stereocenters. The molecule has 1 saturated carbocycles. The third kappa shape index (κ3) is 3.45. The van der Waals surface area contributed by atoms with Gasteiger partial charge in [0.1, 0.15) is 6.07 Å². The number of rotatable bonds is 4. The van der Waals surface area contributed by atoms with Gasteiger partial charge in [-0.2, -0.15) is 5.26 Å². The van der Waals surface area contributed by atoms with Crippen molar-refractivity contribution in [3.63, 3.8) is 0 Å². The van der Waals surface area contributed by atoms with Crippen molar-refractivity contribution in [2.75, 3.05) is 0 Å². The molecule has 1 aliphatic rings. The molecule has 128 valence electrons. The van der Waals surface area contributed by atoms with Crippen molar-refractivity contribution in [3.8, 4) is 6.07 Å². The van der Waals surface area contributed by atoms with Gasteiger partial charge in [-0.05, 0) is 24.5 Å². The second-order valence-electron chi connectivity index (χ2n) is 6.32. The van der Waals surface area contributed by atoms with E-state index in [2.05, 4.69) is 9.97 Å². The van der Waals surface area contributed by atoms with Crippen molar-refractivity contribution >= 4 is 6.09 Å². The zero-order chi connectivity index (χ0) is 17.7. The van der Waals surface area contributed by atoms with Crippen LogP contribution in [0.2, 0.25) is 0 Å². The van der Waals surface area contributed by atoms with E-state index in [4.69, 9.17) is 5.26 Å². The number of carbonyl (C=O) groups is 1. The van der Waals surface area contributed by atoms with Gasteiger partial charge < -0.3 is 5.11 Å². The van der Waals surface area contributed by atoms with E-state index in [1.165, 1.54) is 4.90 Å². The molecule has 1 aromatic carbocycles. The Morgan fingerprint density at radius 3 is 2.56 bits per heavy atom. The van der Waals surface area contributed by atoms with Crippen LogP contribution in [0.4, 0.5) is 4.79 Å². The molecule has 2 aromatic rings. The second-order valence-corrected chi connectivity index (χ2v) is 6.32. The first kappa shape index (κ1) is 16.9. The lowest BCUT2D eigenvalue weighted by Crippen LogP contribution is -2.50. The monoisotopic (exact) mass is 336 g/mol. The van der Waals surface area contributed by atoms with Crippen molar-refractivity contribution in [3.05, 3.63) is 59.7 Å². The number of amides is 1. The molecule has 1 fully saturated rings. The number of nitriles is 1. The first-order chi connectivity index (χ1) is 12.2. The van der Waals surface area contributed by atoms with Gasteiger partial charge in [-0.1, -0.05) is 49.6 Å². The Balaban J connectivity index is 2.05. The summed E-state index contributed by atoms with van der Waals surface area (Å²) in [7, 11) is 0. The highest BCUT2D eigenvalue weighted by Gasteiger charge is 2.43. The molecule has 0 aliphatic heterocycles. The zero-order valence-electron chi connectivity index (χ0n) is 13.9. The lowest BCUT2D eigenvalue weighted by molar-refractivity contribution is 0.0384. The molecule has 6 nitrogen and oxygen atoms in total. The molecule has 0 saturated heterocycles. The third-order valence-corrected chi connectivity index (χ3v) is 4.84. The topological polar surface area (TPSA) is 90.1 Å². The molecule has 3 rings (SSSR count). The minimum atomic E-state index is -0.970. The summed E-state index contributed by atoms with van der Waals surface area (Å²) < 4.78 is 0. The summed E-state index contributed by atoms with van der Waals surface area (Å²) in [6.07, 6.45) is 4.93. The Morgan fingerprint density at radius 1 is 1.20 bits per heavy atom. The fourth-order valence-electron chi connectivity index (χ4n) is 3.64. The van der Waals surface area contributed by atoms with Gasteiger partial charge in [0.2, 0.25) is 5.82 Å². The van der Waals surface area contributed by atoms with Gasteiger partial charge in [0.15, 0.2) is 0 Å². The van der Waals surface area contributed by atoms with Crippen LogP contribution in [0.3, 0.4) is 0 Å². The van der Waals surface area contributed by atoms with E-state index in [9.17, 15) is 9.90 Å². The predicted octanol–water partition coefficient (Wildman–Crippen LogP) is 3.69.